The number of pyridine rings is 1. The summed E-state index contributed by atoms with van der Waals surface area (Å²) in [5.74, 6) is -0.229. The van der Waals surface area contributed by atoms with E-state index in [1.807, 2.05) is 60.7 Å². The summed E-state index contributed by atoms with van der Waals surface area (Å²) in [7, 11) is 1.74. The molecule has 0 aliphatic carbocycles. The number of nitrogens with zero attached hydrogens (tertiary/aromatic N) is 2. The maximum Gasteiger partial charge on any atom is 0.251 e. The van der Waals surface area contributed by atoms with E-state index >= 15 is 0 Å². The van der Waals surface area contributed by atoms with Gasteiger partial charge in [0.05, 0.1) is 6.54 Å². The van der Waals surface area contributed by atoms with E-state index in [2.05, 4.69) is 10.3 Å². The Morgan fingerprint density at radius 2 is 1.76 bits per heavy atom. The maximum absolute atomic E-state index is 12.4. The third-order valence-corrected chi connectivity index (χ3v) is 4.60. The molecule has 3 aromatic rings. The van der Waals surface area contributed by atoms with Crippen LogP contribution in [0.2, 0.25) is 0 Å². The Morgan fingerprint density at radius 1 is 1.00 bits per heavy atom. The van der Waals surface area contributed by atoms with Gasteiger partial charge in [-0.3, -0.25) is 14.6 Å². The molecule has 0 atom stereocenters. The molecule has 0 aliphatic heterocycles. The van der Waals surface area contributed by atoms with Crippen molar-refractivity contribution in [3.8, 4) is 11.1 Å². The molecule has 0 saturated carbocycles. The molecule has 0 radical (unpaired) electrons. The largest absolute Gasteiger partial charge is 0.348 e. The van der Waals surface area contributed by atoms with Crippen LogP contribution >= 0.6 is 0 Å². The molecule has 2 amide bonds. The summed E-state index contributed by atoms with van der Waals surface area (Å²) in [6.45, 7) is 0.935. The second-order valence-electron chi connectivity index (χ2n) is 6.78. The lowest BCUT2D eigenvalue weighted by Gasteiger charge is -2.16. The molecule has 3 N–H and O–H groups in total. The first-order chi connectivity index (χ1) is 14.1. The van der Waals surface area contributed by atoms with Crippen molar-refractivity contribution in [3.63, 3.8) is 0 Å². The lowest BCUT2D eigenvalue weighted by atomic mass is 10.0. The van der Waals surface area contributed by atoms with Crippen molar-refractivity contribution < 1.29 is 9.59 Å². The fourth-order valence-corrected chi connectivity index (χ4v) is 2.97. The molecule has 0 unspecified atom stereocenters. The fraction of sp³-hybridized carbons (Fsp3) is 0.174. The summed E-state index contributed by atoms with van der Waals surface area (Å²) in [6, 6.07) is 19.2. The van der Waals surface area contributed by atoms with Gasteiger partial charge in [-0.25, -0.2) is 0 Å². The predicted molar refractivity (Wildman–Crippen MR) is 113 cm³/mol. The SMILES string of the molecule is CN(Cc1cccc(-c2ccc(C(=O)NCc3cccnc3)cc2)c1)C(=O)CN. The zero-order valence-corrected chi connectivity index (χ0v) is 16.3. The zero-order valence-electron chi connectivity index (χ0n) is 16.3. The third-order valence-electron chi connectivity index (χ3n) is 4.60. The summed E-state index contributed by atoms with van der Waals surface area (Å²) < 4.78 is 0. The van der Waals surface area contributed by atoms with Crippen LogP contribution in [0, 0.1) is 0 Å². The molecule has 148 valence electrons. The summed E-state index contributed by atoms with van der Waals surface area (Å²) in [4.78, 5) is 29.7. The van der Waals surface area contributed by atoms with Crippen molar-refractivity contribution in [3.05, 3.63) is 89.7 Å². The summed E-state index contributed by atoms with van der Waals surface area (Å²) in [6.07, 6.45) is 3.43. The maximum atomic E-state index is 12.4. The van der Waals surface area contributed by atoms with Crippen LogP contribution in [0.4, 0.5) is 0 Å². The predicted octanol–water partition coefficient (Wildman–Crippen LogP) is 2.60. The first-order valence-electron chi connectivity index (χ1n) is 9.37. The Hall–Kier alpha value is -3.51. The molecular formula is C23H24N4O2. The lowest BCUT2D eigenvalue weighted by molar-refractivity contribution is -0.128. The number of hydrogen-bond donors (Lipinski definition) is 2. The highest BCUT2D eigenvalue weighted by atomic mass is 16.2. The van der Waals surface area contributed by atoms with Crippen LogP contribution in [-0.2, 0) is 17.9 Å². The van der Waals surface area contributed by atoms with Crippen LogP contribution in [-0.4, -0.2) is 35.3 Å². The van der Waals surface area contributed by atoms with Gasteiger partial charge in [-0.2, -0.15) is 0 Å². The van der Waals surface area contributed by atoms with E-state index in [0.29, 0.717) is 18.7 Å². The van der Waals surface area contributed by atoms with Crippen molar-refractivity contribution in [2.75, 3.05) is 13.6 Å². The van der Waals surface area contributed by atoms with Gasteiger partial charge in [0.1, 0.15) is 0 Å². The van der Waals surface area contributed by atoms with E-state index < -0.39 is 0 Å². The van der Waals surface area contributed by atoms with Crippen molar-refractivity contribution in [1.29, 1.82) is 0 Å². The minimum atomic E-state index is -0.129. The van der Waals surface area contributed by atoms with Crippen LogP contribution in [0.5, 0.6) is 0 Å². The number of amides is 2. The number of carbonyl (C=O) groups is 2. The van der Waals surface area contributed by atoms with Crippen molar-refractivity contribution in [2.24, 2.45) is 5.73 Å². The van der Waals surface area contributed by atoms with Crippen molar-refractivity contribution in [1.82, 2.24) is 15.2 Å². The van der Waals surface area contributed by atoms with E-state index in [1.54, 1.807) is 24.3 Å². The Balaban J connectivity index is 1.66. The molecule has 2 aromatic carbocycles. The number of likely N-dealkylation sites (N-methyl/N-ethyl adjacent to an activating group) is 1. The molecule has 0 spiro atoms. The minimum absolute atomic E-state index is 0.000497. The average molecular weight is 388 g/mol. The van der Waals surface area contributed by atoms with Crippen molar-refractivity contribution >= 4 is 11.8 Å². The Morgan fingerprint density at radius 3 is 2.45 bits per heavy atom. The molecule has 6 heteroatoms. The normalized spacial score (nSPS) is 10.4. The molecule has 0 bridgehead atoms. The van der Waals surface area contributed by atoms with Crippen LogP contribution < -0.4 is 11.1 Å². The number of carbonyl (C=O) groups excluding carboxylic acids is 2. The van der Waals surface area contributed by atoms with Crippen molar-refractivity contribution in [2.45, 2.75) is 13.1 Å². The summed E-state index contributed by atoms with van der Waals surface area (Å²) >= 11 is 0. The monoisotopic (exact) mass is 388 g/mol. The number of aromatic nitrogens is 1. The zero-order chi connectivity index (χ0) is 20.6. The number of nitrogens with one attached hydrogen (secondary N) is 1. The molecule has 3 rings (SSSR count). The second-order valence-corrected chi connectivity index (χ2v) is 6.78. The van der Waals surface area contributed by atoms with E-state index in [-0.39, 0.29) is 18.4 Å². The van der Waals surface area contributed by atoms with Crippen LogP contribution in [0.1, 0.15) is 21.5 Å². The van der Waals surface area contributed by atoms with E-state index in [4.69, 9.17) is 5.73 Å². The van der Waals surface area contributed by atoms with Gasteiger partial charge in [0.25, 0.3) is 5.91 Å². The molecule has 6 nitrogen and oxygen atoms in total. The number of hydrogen-bond acceptors (Lipinski definition) is 4. The van der Waals surface area contributed by atoms with Gasteiger partial charge >= 0.3 is 0 Å². The minimum Gasteiger partial charge on any atom is -0.348 e. The number of nitrogens with two attached hydrogens (primary N) is 1. The quantitative estimate of drug-likeness (QED) is 0.651. The fourth-order valence-electron chi connectivity index (χ4n) is 2.97. The highest BCUT2D eigenvalue weighted by Crippen LogP contribution is 2.21. The average Bonchev–Trinajstić information content (AvgIpc) is 2.77. The smallest absolute Gasteiger partial charge is 0.251 e. The van der Waals surface area contributed by atoms with Crippen LogP contribution in [0.25, 0.3) is 11.1 Å². The van der Waals surface area contributed by atoms with Gasteiger partial charge in [0, 0.05) is 38.1 Å². The molecule has 1 aromatic heterocycles. The van der Waals surface area contributed by atoms with Gasteiger partial charge in [0.2, 0.25) is 5.91 Å². The van der Waals surface area contributed by atoms with Gasteiger partial charge in [-0.1, -0.05) is 36.4 Å². The second kappa shape index (κ2) is 9.61. The molecule has 29 heavy (non-hydrogen) atoms. The number of benzene rings is 2. The highest BCUT2D eigenvalue weighted by Gasteiger charge is 2.09. The van der Waals surface area contributed by atoms with Gasteiger partial charge in [-0.15, -0.1) is 0 Å². The Kier molecular flexibility index (Phi) is 6.71. The van der Waals surface area contributed by atoms with Crippen LogP contribution in [0.3, 0.4) is 0 Å². The van der Waals surface area contributed by atoms with Crippen LogP contribution in [0.15, 0.2) is 73.1 Å². The molecular weight excluding hydrogens is 364 g/mol. The standard InChI is InChI=1S/C23H24N4O2/c1-27(22(28)13-24)16-17-4-2-6-21(12-17)19-7-9-20(10-8-19)23(29)26-15-18-5-3-11-25-14-18/h2-12,14H,13,15-16,24H2,1H3,(H,26,29). The molecule has 1 heterocycles. The molecule has 0 aliphatic rings. The Labute approximate surface area is 170 Å². The number of rotatable bonds is 7. The van der Waals surface area contributed by atoms with E-state index in [0.717, 1.165) is 22.3 Å². The Bertz CT molecular complexity index is 972. The molecule has 0 saturated heterocycles. The summed E-state index contributed by atoms with van der Waals surface area (Å²) in [5.41, 5.74) is 10.0. The third kappa shape index (κ3) is 5.49. The molecule has 0 fully saturated rings. The summed E-state index contributed by atoms with van der Waals surface area (Å²) in [5, 5.41) is 2.89. The first kappa shape index (κ1) is 20.2. The van der Waals surface area contributed by atoms with Gasteiger partial charge < -0.3 is 16.0 Å². The lowest BCUT2D eigenvalue weighted by Crippen LogP contribution is -2.32. The topological polar surface area (TPSA) is 88.3 Å². The van der Waals surface area contributed by atoms with Gasteiger partial charge in [-0.05, 0) is 46.5 Å². The first-order valence-corrected chi connectivity index (χ1v) is 9.37. The highest BCUT2D eigenvalue weighted by molar-refractivity contribution is 5.94. The van der Waals surface area contributed by atoms with E-state index in [9.17, 15) is 9.59 Å². The van der Waals surface area contributed by atoms with E-state index in [1.165, 1.54) is 0 Å². The van der Waals surface area contributed by atoms with Gasteiger partial charge in [0.15, 0.2) is 0 Å².